The van der Waals surface area contributed by atoms with Crippen LogP contribution in [-0.2, 0) is 12.7 Å². The number of rotatable bonds is 5. The summed E-state index contributed by atoms with van der Waals surface area (Å²) in [6.07, 6.45) is 1.70. The highest BCUT2D eigenvalue weighted by atomic mass is 19.4. The van der Waals surface area contributed by atoms with Crippen molar-refractivity contribution in [3.63, 3.8) is 0 Å². The Morgan fingerprint density at radius 3 is 2.53 bits per heavy atom. The molecule has 2 aromatic heterocycles. The van der Waals surface area contributed by atoms with E-state index in [0.717, 1.165) is 50.7 Å². The number of fused-ring (bicyclic) bond motifs is 1. The van der Waals surface area contributed by atoms with Gasteiger partial charge in [0.1, 0.15) is 0 Å². The van der Waals surface area contributed by atoms with E-state index in [1.807, 2.05) is 31.3 Å². The van der Waals surface area contributed by atoms with Crippen molar-refractivity contribution < 1.29 is 18.0 Å². The van der Waals surface area contributed by atoms with Gasteiger partial charge in [-0.2, -0.15) is 13.2 Å². The van der Waals surface area contributed by atoms with Gasteiger partial charge >= 0.3 is 6.18 Å². The second-order valence-corrected chi connectivity index (χ2v) is 11.3. The number of hydrogen-bond acceptors (Lipinski definition) is 5. The van der Waals surface area contributed by atoms with Crippen molar-refractivity contribution in [2.45, 2.75) is 51.4 Å². The third-order valence-electron chi connectivity index (χ3n) is 8.40. The molecule has 2 aliphatic rings. The SMILES string of the molecule is Cc1ccc(C(=O)Nc2ccc(CN3CCC(N4CCCC4)CC3)c(C(F)(F)F)c2)cc1C#Cc1nnc2ccccn12. The highest BCUT2D eigenvalue weighted by Crippen LogP contribution is 2.35. The summed E-state index contributed by atoms with van der Waals surface area (Å²) in [4.78, 5) is 17.7. The minimum atomic E-state index is -4.54. The lowest BCUT2D eigenvalue weighted by Crippen LogP contribution is -2.43. The van der Waals surface area contributed by atoms with Gasteiger partial charge in [-0.05, 0) is 112 Å². The molecular formula is C33H33F3N6O. The molecule has 222 valence electrons. The van der Waals surface area contributed by atoms with E-state index in [0.29, 0.717) is 28.6 Å². The van der Waals surface area contributed by atoms with Crippen LogP contribution in [-0.4, -0.2) is 62.5 Å². The van der Waals surface area contributed by atoms with Crippen molar-refractivity contribution in [3.8, 4) is 11.8 Å². The minimum Gasteiger partial charge on any atom is -0.322 e. The maximum atomic E-state index is 14.1. The number of carbonyl (C=O) groups is 1. The van der Waals surface area contributed by atoms with Gasteiger partial charge in [-0.1, -0.05) is 24.1 Å². The molecule has 0 radical (unpaired) electrons. The highest BCUT2D eigenvalue weighted by Gasteiger charge is 2.35. The molecule has 4 aromatic rings. The second kappa shape index (κ2) is 12.2. The Kier molecular flexibility index (Phi) is 8.19. The van der Waals surface area contributed by atoms with Crippen molar-refractivity contribution in [1.29, 1.82) is 0 Å². The molecule has 10 heteroatoms. The maximum absolute atomic E-state index is 14.1. The molecule has 0 bridgehead atoms. The molecule has 0 spiro atoms. The van der Waals surface area contributed by atoms with E-state index >= 15 is 0 Å². The lowest BCUT2D eigenvalue weighted by Gasteiger charge is -2.37. The summed E-state index contributed by atoms with van der Waals surface area (Å²) in [7, 11) is 0. The van der Waals surface area contributed by atoms with Gasteiger partial charge in [-0.15, -0.1) is 10.2 Å². The first-order valence-corrected chi connectivity index (χ1v) is 14.6. The lowest BCUT2D eigenvalue weighted by atomic mass is 10.0. The number of amides is 1. The van der Waals surface area contributed by atoms with Crippen LogP contribution in [0.25, 0.3) is 5.65 Å². The van der Waals surface area contributed by atoms with Crippen LogP contribution in [0.3, 0.4) is 0 Å². The third-order valence-corrected chi connectivity index (χ3v) is 8.40. The molecule has 0 unspecified atom stereocenters. The minimum absolute atomic E-state index is 0.0944. The van der Waals surface area contributed by atoms with Crippen molar-refractivity contribution in [3.05, 3.63) is 94.4 Å². The molecule has 0 saturated carbocycles. The predicted molar refractivity (Wildman–Crippen MR) is 159 cm³/mol. The Labute approximate surface area is 248 Å². The van der Waals surface area contributed by atoms with E-state index in [1.165, 1.54) is 18.9 Å². The summed E-state index contributed by atoms with van der Waals surface area (Å²) < 4.78 is 44.2. The van der Waals surface area contributed by atoms with Crippen molar-refractivity contribution in [2.24, 2.45) is 0 Å². The van der Waals surface area contributed by atoms with Crippen LogP contribution in [0.15, 0.2) is 60.8 Å². The van der Waals surface area contributed by atoms with Gasteiger partial charge in [0.2, 0.25) is 5.82 Å². The molecule has 43 heavy (non-hydrogen) atoms. The van der Waals surface area contributed by atoms with Crippen LogP contribution >= 0.6 is 0 Å². The molecule has 0 atom stereocenters. The quantitative estimate of drug-likeness (QED) is 0.301. The number of halogens is 3. The maximum Gasteiger partial charge on any atom is 0.416 e. The van der Waals surface area contributed by atoms with Gasteiger partial charge in [0, 0.05) is 35.6 Å². The number of alkyl halides is 3. The summed E-state index contributed by atoms with van der Waals surface area (Å²) in [6, 6.07) is 15.2. The number of aromatic nitrogens is 3. The zero-order valence-corrected chi connectivity index (χ0v) is 24.0. The van der Waals surface area contributed by atoms with Crippen LogP contribution < -0.4 is 5.32 Å². The average molecular weight is 587 g/mol. The van der Waals surface area contributed by atoms with Crippen LogP contribution in [0.4, 0.5) is 18.9 Å². The van der Waals surface area contributed by atoms with Gasteiger partial charge in [0.15, 0.2) is 5.65 Å². The molecule has 0 aliphatic carbocycles. The molecule has 2 saturated heterocycles. The van der Waals surface area contributed by atoms with Gasteiger partial charge in [-0.25, -0.2) is 0 Å². The molecular weight excluding hydrogens is 553 g/mol. The first-order valence-electron chi connectivity index (χ1n) is 14.6. The summed E-state index contributed by atoms with van der Waals surface area (Å²) >= 11 is 0. The van der Waals surface area contributed by atoms with Crippen LogP contribution in [0, 0.1) is 18.8 Å². The highest BCUT2D eigenvalue weighted by molar-refractivity contribution is 6.04. The number of benzene rings is 2. The topological polar surface area (TPSA) is 65.8 Å². The number of aryl methyl sites for hydroxylation is 1. The van der Waals surface area contributed by atoms with Crippen LogP contribution in [0.2, 0.25) is 0 Å². The molecule has 1 N–H and O–H groups in total. The number of likely N-dealkylation sites (tertiary alicyclic amines) is 2. The van der Waals surface area contributed by atoms with Gasteiger partial charge in [0.05, 0.1) is 5.56 Å². The van der Waals surface area contributed by atoms with Crippen molar-refractivity contribution in [2.75, 3.05) is 31.5 Å². The van der Waals surface area contributed by atoms with E-state index in [-0.39, 0.29) is 17.8 Å². The Bertz CT molecular complexity index is 1690. The van der Waals surface area contributed by atoms with Crippen molar-refractivity contribution >= 4 is 17.2 Å². The van der Waals surface area contributed by atoms with Crippen molar-refractivity contribution in [1.82, 2.24) is 24.4 Å². The van der Waals surface area contributed by atoms with Gasteiger partial charge in [0.25, 0.3) is 5.91 Å². The molecule has 7 nitrogen and oxygen atoms in total. The van der Waals surface area contributed by atoms with E-state index in [9.17, 15) is 18.0 Å². The summed E-state index contributed by atoms with van der Waals surface area (Å²) in [5.74, 6) is 5.99. The predicted octanol–water partition coefficient (Wildman–Crippen LogP) is 5.77. The first-order chi connectivity index (χ1) is 20.7. The summed E-state index contributed by atoms with van der Waals surface area (Å²) in [5.41, 5.74) is 2.02. The lowest BCUT2D eigenvalue weighted by molar-refractivity contribution is -0.138. The normalized spacial score (nSPS) is 16.7. The number of anilines is 1. The number of piperidine rings is 1. The molecule has 2 aliphatic heterocycles. The molecule has 4 heterocycles. The summed E-state index contributed by atoms with van der Waals surface area (Å²) in [5, 5.41) is 10.8. The van der Waals surface area contributed by atoms with Gasteiger partial charge < -0.3 is 10.2 Å². The Morgan fingerprint density at radius 2 is 1.77 bits per heavy atom. The van der Waals surface area contributed by atoms with E-state index in [2.05, 4.69) is 37.2 Å². The molecule has 2 aromatic carbocycles. The van der Waals surface area contributed by atoms with E-state index in [4.69, 9.17) is 0 Å². The molecule has 6 rings (SSSR count). The van der Waals surface area contributed by atoms with Gasteiger partial charge in [-0.3, -0.25) is 14.1 Å². The first kappa shape index (κ1) is 28.9. The zero-order chi connectivity index (χ0) is 30.0. The number of pyridine rings is 1. The largest absolute Gasteiger partial charge is 0.416 e. The third kappa shape index (κ3) is 6.58. The Morgan fingerprint density at radius 1 is 0.977 bits per heavy atom. The fourth-order valence-corrected chi connectivity index (χ4v) is 6.00. The molecule has 1 amide bonds. The fourth-order valence-electron chi connectivity index (χ4n) is 6.00. The van der Waals surface area contributed by atoms with Crippen LogP contribution in [0.5, 0.6) is 0 Å². The standard InChI is InChI=1S/C33H33F3N6O/c1-23-7-8-25(20-24(23)10-12-31-39-38-30-6-2-3-17-42(30)31)32(43)37-27-11-9-26(29(21-27)33(34,35)36)22-40-18-13-28(14-19-40)41-15-4-5-16-41/h2-3,6-9,11,17,20-21,28H,4-5,13-16,18-19,22H2,1H3,(H,37,43). The Balaban J connectivity index is 1.15. The fraction of sp³-hybridized carbons (Fsp3) is 0.364. The Hall–Kier alpha value is -4.20. The zero-order valence-electron chi connectivity index (χ0n) is 24.0. The van der Waals surface area contributed by atoms with E-state index in [1.54, 1.807) is 28.7 Å². The number of carbonyl (C=O) groups excluding carboxylic acids is 1. The number of hydrogen-bond donors (Lipinski definition) is 1. The summed E-state index contributed by atoms with van der Waals surface area (Å²) in [6.45, 7) is 5.93. The molecule has 2 fully saturated rings. The number of nitrogens with one attached hydrogen (secondary N) is 1. The average Bonchev–Trinajstić information content (AvgIpc) is 3.68. The number of nitrogens with zero attached hydrogens (tertiary/aromatic N) is 5. The van der Waals surface area contributed by atoms with Crippen LogP contribution in [0.1, 0.15) is 64.1 Å². The van der Waals surface area contributed by atoms with E-state index < -0.39 is 17.6 Å². The smallest absolute Gasteiger partial charge is 0.322 e. The second-order valence-electron chi connectivity index (χ2n) is 11.3. The monoisotopic (exact) mass is 586 g/mol.